The van der Waals surface area contributed by atoms with E-state index in [1.54, 1.807) is 11.3 Å². The molecule has 2 rings (SSSR count). The minimum Gasteiger partial charge on any atom is -0.287 e. The van der Waals surface area contributed by atoms with Crippen molar-refractivity contribution in [3.05, 3.63) is 41.1 Å². The Hall–Kier alpha value is 0.0300. The number of rotatable bonds is 3. The van der Waals surface area contributed by atoms with Gasteiger partial charge < -0.3 is 0 Å². The largest absolute Gasteiger partial charge is 0.287 e. The molecule has 0 N–H and O–H groups in total. The number of ketones is 1. The molecule has 0 atom stereocenters. The third kappa shape index (κ3) is 2.32. The Bertz CT molecular complexity index is 528. The van der Waals surface area contributed by atoms with Crippen LogP contribution in [0.15, 0.2) is 26.5 Å². The summed E-state index contributed by atoms with van der Waals surface area (Å²) in [6.07, 6.45) is 0.979. The van der Waals surface area contributed by atoms with Gasteiger partial charge in [0.15, 0.2) is 0 Å². The quantitative estimate of drug-likeness (QED) is 0.675. The highest BCUT2D eigenvalue weighted by Gasteiger charge is 2.18. The van der Waals surface area contributed by atoms with Gasteiger partial charge in [-0.15, -0.1) is 22.7 Å². The second kappa shape index (κ2) is 5.12. The number of hydrogen-bond acceptors (Lipinski definition) is 3. The molecule has 0 fully saturated rings. The number of carbonyl (C=O) groups is 1. The van der Waals surface area contributed by atoms with Crippen molar-refractivity contribution in [2.75, 3.05) is 0 Å². The zero-order valence-electron chi connectivity index (χ0n) is 8.42. The molecule has 0 saturated heterocycles. The zero-order chi connectivity index (χ0) is 11.7. The van der Waals surface area contributed by atoms with Gasteiger partial charge in [-0.25, -0.2) is 0 Å². The fourth-order valence-corrected chi connectivity index (χ4v) is 4.34. The van der Waals surface area contributed by atoms with Crippen molar-refractivity contribution >= 4 is 60.3 Å². The van der Waals surface area contributed by atoms with E-state index in [9.17, 15) is 4.79 Å². The minimum atomic E-state index is 0.104. The molecule has 84 valence electrons. The van der Waals surface area contributed by atoms with E-state index in [4.69, 9.17) is 0 Å². The number of hydrogen-bond donors (Lipinski definition) is 0. The lowest BCUT2D eigenvalue weighted by Crippen LogP contribution is -1.95. The van der Waals surface area contributed by atoms with E-state index in [2.05, 4.69) is 38.8 Å². The van der Waals surface area contributed by atoms with Gasteiger partial charge in [0.25, 0.3) is 0 Å². The SMILES string of the molecule is CCc1ccc(C(=O)c2scc(Br)c2Br)s1. The van der Waals surface area contributed by atoms with E-state index < -0.39 is 0 Å². The van der Waals surface area contributed by atoms with Crippen LogP contribution >= 0.6 is 54.5 Å². The summed E-state index contributed by atoms with van der Waals surface area (Å²) in [4.78, 5) is 15.0. The summed E-state index contributed by atoms with van der Waals surface area (Å²) in [5.74, 6) is 0.104. The second-order valence-corrected chi connectivity index (χ2v) is 6.87. The van der Waals surface area contributed by atoms with Crippen LogP contribution in [0.3, 0.4) is 0 Å². The second-order valence-electron chi connectivity index (χ2n) is 3.18. The molecular formula is C11H8Br2OS2. The van der Waals surface area contributed by atoms with Crippen molar-refractivity contribution < 1.29 is 4.79 Å². The molecule has 16 heavy (non-hydrogen) atoms. The Morgan fingerprint density at radius 3 is 2.62 bits per heavy atom. The van der Waals surface area contributed by atoms with Crippen molar-refractivity contribution in [2.45, 2.75) is 13.3 Å². The van der Waals surface area contributed by atoms with Gasteiger partial charge >= 0.3 is 0 Å². The van der Waals surface area contributed by atoms with Crippen LogP contribution in [-0.2, 0) is 6.42 Å². The number of carbonyl (C=O) groups excluding carboxylic acids is 1. The molecular weight excluding hydrogens is 372 g/mol. The van der Waals surface area contributed by atoms with Crippen molar-refractivity contribution in [1.82, 2.24) is 0 Å². The molecule has 0 radical (unpaired) electrons. The third-order valence-corrected chi connectivity index (χ3v) is 6.88. The maximum absolute atomic E-state index is 12.2. The fourth-order valence-electron chi connectivity index (χ4n) is 1.28. The lowest BCUT2D eigenvalue weighted by atomic mass is 10.2. The Morgan fingerprint density at radius 2 is 2.12 bits per heavy atom. The van der Waals surface area contributed by atoms with Crippen molar-refractivity contribution in [3.63, 3.8) is 0 Å². The van der Waals surface area contributed by atoms with Gasteiger partial charge in [-0.2, -0.15) is 0 Å². The Kier molecular flexibility index (Phi) is 4.00. The molecule has 0 saturated carbocycles. The Labute approximate surface area is 119 Å². The van der Waals surface area contributed by atoms with Crippen molar-refractivity contribution in [1.29, 1.82) is 0 Å². The fraction of sp³-hybridized carbons (Fsp3) is 0.182. The zero-order valence-corrected chi connectivity index (χ0v) is 13.2. The maximum Gasteiger partial charge on any atom is 0.214 e. The predicted molar refractivity (Wildman–Crippen MR) is 76.8 cm³/mol. The average molecular weight is 380 g/mol. The standard InChI is InChI=1S/C11H8Br2OS2/c1-2-6-3-4-8(16-6)10(14)11-9(13)7(12)5-15-11/h3-5H,2H2,1H3. The van der Waals surface area contributed by atoms with E-state index in [1.807, 2.05) is 17.5 Å². The van der Waals surface area contributed by atoms with Gasteiger partial charge in [0.1, 0.15) is 0 Å². The predicted octanol–water partition coefficient (Wildman–Crippen LogP) is 5.13. The summed E-state index contributed by atoms with van der Waals surface area (Å²) in [6, 6.07) is 3.93. The number of aryl methyl sites for hydroxylation is 1. The summed E-state index contributed by atoms with van der Waals surface area (Å²) >= 11 is 9.84. The van der Waals surface area contributed by atoms with Crippen molar-refractivity contribution in [3.8, 4) is 0 Å². The van der Waals surface area contributed by atoms with Crippen LogP contribution in [-0.4, -0.2) is 5.78 Å². The molecule has 0 amide bonds. The number of halogens is 2. The van der Waals surface area contributed by atoms with E-state index in [-0.39, 0.29) is 5.78 Å². The molecule has 5 heteroatoms. The van der Waals surface area contributed by atoms with Gasteiger partial charge in [-0.3, -0.25) is 4.79 Å². The Balaban J connectivity index is 2.35. The normalized spacial score (nSPS) is 10.7. The first kappa shape index (κ1) is 12.5. The third-order valence-electron chi connectivity index (χ3n) is 2.13. The van der Waals surface area contributed by atoms with Crippen LogP contribution in [0.25, 0.3) is 0 Å². The summed E-state index contributed by atoms with van der Waals surface area (Å²) in [5.41, 5.74) is 0. The van der Waals surface area contributed by atoms with Crippen LogP contribution in [0.4, 0.5) is 0 Å². The molecule has 2 heterocycles. The lowest BCUT2D eigenvalue weighted by molar-refractivity contribution is 0.104. The highest BCUT2D eigenvalue weighted by atomic mass is 79.9. The molecule has 0 aromatic carbocycles. The van der Waals surface area contributed by atoms with Crippen LogP contribution in [0.1, 0.15) is 26.3 Å². The molecule has 0 unspecified atom stereocenters. The van der Waals surface area contributed by atoms with E-state index in [0.29, 0.717) is 0 Å². The van der Waals surface area contributed by atoms with Gasteiger partial charge in [0, 0.05) is 14.7 Å². The van der Waals surface area contributed by atoms with Crippen molar-refractivity contribution in [2.24, 2.45) is 0 Å². The highest BCUT2D eigenvalue weighted by molar-refractivity contribution is 9.13. The van der Waals surface area contributed by atoms with Gasteiger partial charge in [-0.05, 0) is 50.4 Å². The lowest BCUT2D eigenvalue weighted by Gasteiger charge is -1.94. The van der Waals surface area contributed by atoms with E-state index >= 15 is 0 Å². The van der Waals surface area contributed by atoms with E-state index in [0.717, 1.165) is 25.1 Å². The average Bonchev–Trinajstić information content (AvgIpc) is 2.87. The van der Waals surface area contributed by atoms with Crippen LogP contribution < -0.4 is 0 Å². The summed E-state index contributed by atoms with van der Waals surface area (Å²) < 4.78 is 1.79. The maximum atomic E-state index is 12.2. The molecule has 0 bridgehead atoms. The topological polar surface area (TPSA) is 17.1 Å². The highest BCUT2D eigenvalue weighted by Crippen LogP contribution is 2.35. The Morgan fingerprint density at radius 1 is 1.38 bits per heavy atom. The van der Waals surface area contributed by atoms with Crippen LogP contribution in [0, 0.1) is 0 Å². The first-order chi connectivity index (χ1) is 7.63. The first-order valence-corrected chi connectivity index (χ1v) is 7.97. The smallest absolute Gasteiger partial charge is 0.214 e. The number of thiophene rings is 2. The molecule has 2 aromatic heterocycles. The molecule has 2 aromatic rings. The first-order valence-electron chi connectivity index (χ1n) is 4.69. The summed E-state index contributed by atoms with van der Waals surface area (Å²) in [5, 5.41) is 1.92. The molecule has 0 aliphatic carbocycles. The monoisotopic (exact) mass is 378 g/mol. The minimum absolute atomic E-state index is 0.104. The van der Waals surface area contributed by atoms with Crippen LogP contribution in [0.2, 0.25) is 0 Å². The molecule has 0 spiro atoms. The molecule has 0 aliphatic heterocycles. The summed E-state index contributed by atoms with van der Waals surface area (Å²) in [7, 11) is 0. The molecule has 0 aliphatic rings. The molecule has 1 nitrogen and oxygen atoms in total. The van der Waals surface area contributed by atoms with Gasteiger partial charge in [-0.1, -0.05) is 6.92 Å². The summed E-state index contributed by atoms with van der Waals surface area (Å²) in [6.45, 7) is 2.09. The van der Waals surface area contributed by atoms with Gasteiger partial charge in [0.05, 0.1) is 14.2 Å². The van der Waals surface area contributed by atoms with Crippen LogP contribution in [0.5, 0.6) is 0 Å². The van der Waals surface area contributed by atoms with Gasteiger partial charge in [0.2, 0.25) is 5.78 Å². The van der Waals surface area contributed by atoms with E-state index in [1.165, 1.54) is 16.2 Å².